The van der Waals surface area contributed by atoms with E-state index in [0.29, 0.717) is 6.42 Å². The fraction of sp³-hybridized carbons (Fsp3) is 0.722. The maximum absolute atomic E-state index is 12.4. The standard InChI is InChI=1S/C18H32N4O7/c1-5-10(4)14(19)17(27)20-8-12(23)21-11(6-7-13(24)25)16(26)22-15(9(2)3)18(28)29/h9-11,14-15H,5-8,19H2,1-4H3,(H,20,27)(H,21,23)(H,22,26)(H,24,25)(H,28,29). The van der Waals surface area contributed by atoms with Crippen LogP contribution in [-0.2, 0) is 24.0 Å². The molecule has 7 N–H and O–H groups in total. The van der Waals surface area contributed by atoms with Gasteiger partial charge < -0.3 is 31.9 Å². The molecule has 0 rings (SSSR count). The first-order valence-corrected chi connectivity index (χ1v) is 9.48. The molecule has 0 aliphatic heterocycles. The molecule has 29 heavy (non-hydrogen) atoms. The van der Waals surface area contributed by atoms with Crippen LogP contribution in [0.2, 0.25) is 0 Å². The van der Waals surface area contributed by atoms with Gasteiger partial charge in [-0.25, -0.2) is 4.79 Å². The van der Waals surface area contributed by atoms with Crippen molar-refractivity contribution >= 4 is 29.7 Å². The third kappa shape index (κ3) is 9.88. The summed E-state index contributed by atoms with van der Waals surface area (Å²) < 4.78 is 0. The fourth-order valence-electron chi connectivity index (χ4n) is 2.35. The molecule has 0 aliphatic rings. The van der Waals surface area contributed by atoms with E-state index >= 15 is 0 Å². The third-order valence-electron chi connectivity index (χ3n) is 4.51. The van der Waals surface area contributed by atoms with E-state index in [2.05, 4.69) is 16.0 Å². The molecule has 0 saturated carbocycles. The van der Waals surface area contributed by atoms with E-state index in [0.717, 1.165) is 0 Å². The van der Waals surface area contributed by atoms with E-state index in [4.69, 9.17) is 10.8 Å². The molecular weight excluding hydrogens is 384 g/mol. The highest BCUT2D eigenvalue weighted by Gasteiger charge is 2.29. The van der Waals surface area contributed by atoms with Gasteiger partial charge in [-0.3, -0.25) is 19.2 Å². The van der Waals surface area contributed by atoms with Gasteiger partial charge in [-0.2, -0.15) is 0 Å². The molecule has 0 heterocycles. The van der Waals surface area contributed by atoms with Gasteiger partial charge in [0.25, 0.3) is 0 Å². The van der Waals surface area contributed by atoms with Gasteiger partial charge in [0, 0.05) is 6.42 Å². The SMILES string of the molecule is CCC(C)C(N)C(=O)NCC(=O)NC(CCC(=O)O)C(=O)NC(C(=O)O)C(C)C. The van der Waals surface area contributed by atoms with Crippen molar-refractivity contribution < 1.29 is 34.2 Å². The summed E-state index contributed by atoms with van der Waals surface area (Å²) in [6.45, 7) is 6.41. The number of rotatable bonds is 13. The van der Waals surface area contributed by atoms with E-state index in [1.807, 2.05) is 6.92 Å². The summed E-state index contributed by atoms with van der Waals surface area (Å²) in [5, 5.41) is 25.0. The van der Waals surface area contributed by atoms with E-state index in [1.165, 1.54) is 0 Å². The lowest BCUT2D eigenvalue weighted by molar-refractivity contribution is -0.144. The van der Waals surface area contributed by atoms with Crippen LogP contribution in [0.1, 0.15) is 47.0 Å². The first-order chi connectivity index (χ1) is 13.4. The Hall–Kier alpha value is -2.69. The summed E-state index contributed by atoms with van der Waals surface area (Å²) >= 11 is 0. The Balaban J connectivity index is 4.98. The van der Waals surface area contributed by atoms with Crippen molar-refractivity contribution in [2.45, 2.75) is 65.1 Å². The normalized spacial score (nSPS) is 15.0. The lowest BCUT2D eigenvalue weighted by Gasteiger charge is -2.23. The summed E-state index contributed by atoms with van der Waals surface area (Å²) in [5.74, 6) is -5.00. The Kier molecular flexibility index (Phi) is 11.5. The molecule has 0 saturated heterocycles. The minimum absolute atomic E-state index is 0.0869. The lowest BCUT2D eigenvalue weighted by Crippen LogP contribution is -2.55. The first-order valence-electron chi connectivity index (χ1n) is 9.48. The Morgan fingerprint density at radius 1 is 0.966 bits per heavy atom. The molecule has 0 radical (unpaired) electrons. The minimum Gasteiger partial charge on any atom is -0.481 e. The van der Waals surface area contributed by atoms with Gasteiger partial charge in [-0.15, -0.1) is 0 Å². The Morgan fingerprint density at radius 2 is 1.55 bits per heavy atom. The largest absolute Gasteiger partial charge is 0.481 e. The van der Waals surface area contributed by atoms with E-state index in [1.54, 1.807) is 20.8 Å². The van der Waals surface area contributed by atoms with Gasteiger partial charge in [0.2, 0.25) is 17.7 Å². The summed E-state index contributed by atoms with van der Waals surface area (Å²) in [4.78, 5) is 58.5. The highest BCUT2D eigenvalue weighted by atomic mass is 16.4. The Bertz CT molecular complexity index is 609. The van der Waals surface area contributed by atoms with Gasteiger partial charge in [0.15, 0.2) is 0 Å². The van der Waals surface area contributed by atoms with Crippen molar-refractivity contribution in [3.8, 4) is 0 Å². The van der Waals surface area contributed by atoms with Gasteiger partial charge in [-0.1, -0.05) is 34.1 Å². The zero-order chi connectivity index (χ0) is 22.7. The molecule has 11 nitrogen and oxygen atoms in total. The monoisotopic (exact) mass is 416 g/mol. The van der Waals surface area contributed by atoms with Gasteiger partial charge in [-0.05, 0) is 18.3 Å². The van der Waals surface area contributed by atoms with Crippen LogP contribution in [0.4, 0.5) is 0 Å². The molecule has 0 aromatic rings. The molecule has 0 spiro atoms. The number of hydrogen-bond donors (Lipinski definition) is 6. The third-order valence-corrected chi connectivity index (χ3v) is 4.51. The Labute approximate surface area is 169 Å². The van der Waals surface area contributed by atoms with Crippen LogP contribution >= 0.6 is 0 Å². The summed E-state index contributed by atoms with van der Waals surface area (Å²) in [7, 11) is 0. The molecule has 0 fully saturated rings. The molecule has 4 atom stereocenters. The average molecular weight is 416 g/mol. The van der Waals surface area contributed by atoms with Crippen molar-refractivity contribution in [1.82, 2.24) is 16.0 Å². The summed E-state index contributed by atoms with van der Waals surface area (Å²) in [6, 6.07) is -3.25. The predicted octanol–water partition coefficient (Wildman–Crippen LogP) is -0.949. The summed E-state index contributed by atoms with van der Waals surface area (Å²) in [5.41, 5.74) is 5.77. The maximum atomic E-state index is 12.4. The zero-order valence-corrected chi connectivity index (χ0v) is 17.2. The molecule has 0 aromatic heterocycles. The minimum atomic E-state index is -1.26. The molecular formula is C18H32N4O7. The smallest absolute Gasteiger partial charge is 0.326 e. The molecule has 11 heteroatoms. The maximum Gasteiger partial charge on any atom is 0.326 e. The number of carboxylic acids is 2. The summed E-state index contributed by atoms with van der Waals surface area (Å²) in [6.07, 6.45) is 0.0273. The van der Waals surface area contributed by atoms with Crippen LogP contribution in [0.3, 0.4) is 0 Å². The van der Waals surface area contributed by atoms with E-state index < -0.39 is 66.7 Å². The van der Waals surface area contributed by atoms with Crippen LogP contribution in [0, 0.1) is 11.8 Å². The second-order valence-corrected chi connectivity index (χ2v) is 7.25. The van der Waals surface area contributed by atoms with Crippen molar-refractivity contribution in [3.05, 3.63) is 0 Å². The molecule has 0 aromatic carbocycles. The highest BCUT2D eigenvalue weighted by molar-refractivity contribution is 5.92. The van der Waals surface area contributed by atoms with Crippen LogP contribution in [0.15, 0.2) is 0 Å². The highest BCUT2D eigenvalue weighted by Crippen LogP contribution is 2.06. The number of nitrogens with two attached hydrogens (primary N) is 1. The average Bonchev–Trinajstić information content (AvgIpc) is 2.64. The van der Waals surface area contributed by atoms with Crippen LogP contribution in [-0.4, -0.2) is 64.5 Å². The number of carbonyl (C=O) groups excluding carboxylic acids is 3. The molecule has 4 unspecified atom stereocenters. The van der Waals surface area contributed by atoms with Crippen molar-refractivity contribution in [2.75, 3.05) is 6.54 Å². The molecule has 0 bridgehead atoms. The van der Waals surface area contributed by atoms with Crippen LogP contribution < -0.4 is 21.7 Å². The Morgan fingerprint density at radius 3 is 2.00 bits per heavy atom. The number of aliphatic carboxylic acids is 2. The molecule has 3 amide bonds. The lowest BCUT2D eigenvalue weighted by atomic mass is 9.99. The molecule has 166 valence electrons. The van der Waals surface area contributed by atoms with Gasteiger partial charge in [0.05, 0.1) is 12.6 Å². The van der Waals surface area contributed by atoms with Crippen molar-refractivity contribution in [2.24, 2.45) is 17.6 Å². The second-order valence-electron chi connectivity index (χ2n) is 7.25. The predicted molar refractivity (Wildman–Crippen MR) is 104 cm³/mol. The van der Waals surface area contributed by atoms with E-state index in [9.17, 15) is 29.1 Å². The second kappa shape index (κ2) is 12.7. The van der Waals surface area contributed by atoms with Crippen molar-refractivity contribution in [3.63, 3.8) is 0 Å². The number of hydrogen-bond acceptors (Lipinski definition) is 6. The zero-order valence-electron chi connectivity index (χ0n) is 17.2. The topological polar surface area (TPSA) is 188 Å². The number of amides is 3. The first kappa shape index (κ1) is 26.3. The quantitative estimate of drug-likeness (QED) is 0.221. The number of carboxylic acid groups (broad SMARTS) is 2. The van der Waals surface area contributed by atoms with Gasteiger partial charge in [0.1, 0.15) is 12.1 Å². The number of carbonyl (C=O) groups is 5. The van der Waals surface area contributed by atoms with Crippen LogP contribution in [0.5, 0.6) is 0 Å². The van der Waals surface area contributed by atoms with E-state index in [-0.39, 0.29) is 12.3 Å². The number of nitrogens with one attached hydrogen (secondary N) is 3. The molecule has 0 aliphatic carbocycles. The fourth-order valence-corrected chi connectivity index (χ4v) is 2.35. The van der Waals surface area contributed by atoms with Gasteiger partial charge >= 0.3 is 11.9 Å². The van der Waals surface area contributed by atoms with Crippen molar-refractivity contribution in [1.29, 1.82) is 0 Å². The van der Waals surface area contributed by atoms with Crippen LogP contribution in [0.25, 0.3) is 0 Å².